The molecule has 0 heterocycles. The Hall–Kier alpha value is -1.56. The molecular weight excluding hydrogens is 332 g/mol. The van der Waals surface area contributed by atoms with E-state index in [-0.39, 0.29) is 17.0 Å². The fourth-order valence-electron chi connectivity index (χ4n) is 2.90. The second kappa shape index (κ2) is 6.91. The molecule has 0 saturated heterocycles. The topological polar surface area (TPSA) is 58.2 Å². The van der Waals surface area contributed by atoms with Gasteiger partial charge < -0.3 is 5.32 Å². The number of hydrogen-bond donors (Lipinski definition) is 2. The van der Waals surface area contributed by atoms with E-state index in [2.05, 4.69) is 10.0 Å². The highest BCUT2D eigenvalue weighted by Gasteiger charge is 2.31. The van der Waals surface area contributed by atoms with E-state index in [1.54, 1.807) is 12.1 Å². The van der Waals surface area contributed by atoms with Gasteiger partial charge in [0.05, 0.1) is 4.90 Å². The second-order valence-corrected chi connectivity index (χ2v) is 7.88. The summed E-state index contributed by atoms with van der Waals surface area (Å²) in [4.78, 5) is 0.243. The Morgan fingerprint density at radius 2 is 1.57 bits per heavy atom. The van der Waals surface area contributed by atoms with Crippen molar-refractivity contribution >= 4 is 27.3 Å². The maximum Gasteiger partial charge on any atom is 0.240 e. The Morgan fingerprint density at radius 3 is 2.26 bits per heavy atom. The minimum absolute atomic E-state index is 0.0967. The van der Waals surface area contributed by atoms with Crippen molar-refractivity contribution in [2.45, 2.75) is 36.2 Å². The average molecular weight is 351 g/mol. The summed E-state index contributed by atoms with van der Waals surface area (Å²) in [6.07, 6.45) is 2.78. The molecule has 0 radical (unpaired) electrons. The summed E-state index contributed by atoms with van der Waals surface area (Å²) in [5.74, 6) is 0. The van der Waals surface area contributed by atoms with Gasteiger partial charge in [-0.1, -0.05) is 29.8 Å². The van der Waals surface area contributed by atoms with Crippen LogP contribution in [0.2, 0.25) is 5.02 Å². The van der Waals surface area contributed by atoms with Crippen LogP contribution < -0.4 is 10.0 Å². The SMILES string of the molecule is O=S(=O)(N[C@@H]1CCC[C@@H]1Nc1ccccc1)c1ccc(Cl)cc1. The van der Waals surface area contributed by atoms with Gasteiger partial charge in [-0.15, -0.1) is 0 Å². The van der Waals surface area contributed by atoms with Crippen molar-refractivity contribution in [3.63, 3.8) is 0 Å². The van der Waals surface area contributed by atoms with Gasteiger partial charge in [-0.2, -0.15) is 0 Å². The van der Waals surface area contributed by atoms with Gasteiger partial charge in [-0.25, -0.2) is 13.1 Å². The van der Waals surface area contributed by atoms with Crippen LogP contribution in [0.3, 0.4) is 0 Å². The van der Waals surface area contributed by atoms with Gasteiger partial charge in [0.25, 0.3) is 0 Å². The number of rotatable bonds is 5. The molecule has 3 rings (SSSR count). The van der Waals surface area contributed by atoms with Crippen LogP contribution in [0.5, 0.6) is 0 Å². The summed E-state index contributed by atoms with van der Waals surface area (Å²) in [5, 5.41) is 3.95. The molecule has 2 aromatic carbocycles. The smallest absolute Gasteiger partial charge is 0.240 e. The van der Waals surface area contributed by atoms with Gasteiger partial charge in [0.2, 0.25) is 10.0 Å². The fraction of sp³-hybridized carbons (Fsp3) is 0.294. The van der Waals surface area contributed by atoms with E-state index in [9.17, 15) is 8.42 Å². The van der Waals surface area contributed by atoms with E-state index >= 15 is 0 Å². The number of sulfonamides is 1. The summed E-state index contributed by atoms with van der Waals surface area (Å²) in [7, 11) is -3.53. The summed E-state index contributed by atoms with van der Waals surface area (Å²) < 4.78 is 27.9. The molecule has 1 saturated carbocycles. The summed E-state index contributed by atoms with van der Waals surface area (Å²) >= 11 is 5.82. The fourth-order valence-corrected chi connectivity index (χ4v) is 4.34. The molecule has 0 bridgehead atoms. The van der Waals surface area contributed by atoms with Crippen LogP contribution in [0.15, 0.2) is 59.5 Å². The largest absolute Gasteiger partial charge is 0.381 e. The molecule has 1 fully saturated rings. The monoisotopic (exact) mass is 350 g/mol. The third-order valence-corrected chi connectivity index (χ3v) is 5.83. The van der Waals surface area contributed by atoms with Crippen LogP contribution in [-0.2, 0) is 10.0 Å². The van der Waals surface area contributed by atoms with E-state index in [1.807, 2.05) is 30.3 Å². The molecule has 0 aromatic heterocycles. The number of nitrogens with one attached hydrogen (secondary N) is 2. The van der Waals surface area contributed by atoms with E-state index < -0.39 is 10.0 Å². The molecule has 1 aliphatic carbocycles. The van der Waals surface area contributed by atoms with Crippen LogP contribution in [0.1, 0.15) is 19.3 Å². The summed E-state index contributed by atoms with van der Waals surface area (Å²) in [6.45, 7) is 0. The Kier molecular flexibility index (Phi) is 4.90. The van der Waals surface area contributed by atoms with Gasteiger partial charge in [-0.3, -0.25) is 0 Å². The molecule has 122 valence electrons. The first kappa shape index (κ1) is 16.3. The van der Waals surface area contributed by atoms with Crippen molar-refractivity contribution < 1.29 is 8.42 Å². The Balaban J connectivity index is 1.72. The van der Waals surface area contributed by atoms with E-state index in [4.69, 9.17) is 11.6 Å². The quantitative estimate of drug-likeness (QED) is 0.865. The molecule has 23 heavy (non-hydrogen) atoms. The predicted octanol–water partition coefficient (Wildman–Crippen LogP) is 3.65. The molecule has 0 unspecified atom stereocenters. The molecule has 4 nitrogen and oxygen atoms in total. The number of halogens is 1. The summed E-state index contributed by atoms with van der Waals surface area (Å²) in [5.41, 5.74) is 1.01. The van der Waals surface area contributed by atoms with Crippen molar-refractivity contribution in [3.8, 4) is 0 Å². The zero-order chi connectivity index (χ0) is 16.3. The molecular formula is C17H19ClN2O2S. The molecule has 0 spiro atoms. The third-order valence-electron chi connectivity index (χ3n) is 4.07. The lowest BCUT2D eigenvalue weighted by Gasteiger charge is -2.23. The average Bonchev–Trinajstić information content (AvgIpc) is 2.95. The highest BCUT2D eigenvalue weighted by atomic mass is 35.5. The molecule has 6 heteroatoms. The number of hydrogen-bond acceptors (Lipinski definition) is 3. The lowest BCUT2D eigenvalue weighted by molar-refractivity contribution is 0.535. The molecule has 2 atom stereocenters. The Morgan fingerprint density at radius 1 is 0.913 bits per heavy atom. The number of anilines is 1. The van der Waals surface area contributed by atoms with E-state index in [0.717, 1.165) is 24.9 Å². The third kappa shape index (κ3) is 4.05. The Labute approximate surface area is 141 Å². The molecule has 0 aliphatic heterocycles. The predicted molar refractivity (Wildman–Crippen MR) is 93.3 cm³/mol. The van der Waals surface area contributed by atoms with Gasteiger partial charge >= 0.3 is 0 Å². The standard InChI is InChI=1S/C17H19ClN2O2S/c18-13-9-11-15(12-10-13)23(21,22)20-17-8-4-7-16(17)19-14-5-2-1-3-6-14/h1-3,5-6,9-12,16-17,19-20H,4,7-8H2/t16-,17+/m0/s1. The van der Waals surface area contributed by atoms with Gasteiger partial charge in [0, 0.05) is 22.8 Å². The van der Waals surface area contributed by atoms with E-state index in [1.165, 1.54) is 12.1 Å². The second-order valence-electron chi connectivity index (χ2n) is 5.73. The number of benzene rings is 2. The summed E-state index contributed by atoms with van der Waals surface area (Å²) in [6, 6.07) is 16.1. The first-order chi connectivity index (χ1) is 11.0. The maximum atomic E-state index is 12.5. The highest BCUT2D eigenvalue weighted by Crippen LogP contribution is 2.25. The van der Waals surface area contributed by atoms with Crippen LogP contribution in [0.4, 0.5) is 5.69 Å². The van der Waals surface area contributed by atoms with E-state index in [0.29, 0.717) is 5.02 Å². The molecule has 2 N–H and O–H groups in total. The Bertz CT molecular complexity index is 748. The highest BCUT2D eigenvalue weighted by molar-refractivity contribution is 7.89. The van der Waals surface area contributed by atoms with Crippen molar-refractivity contribution in [2.75, 3.05) is 5.32 Å². The van der Waals surface area contributed by atoms with Crippen LogP contribution in [0, 0.1) is 0 Å². The zero-order valence-electron chi connectivity index (χ0n) is 12.6. The van der Waals surface area contributed by atoms with Gasteiger partial charge in [-0.05, 0) is 55.7 Å². The van der Waals surface area contributed by atoms with Crippen LogP contribution in [0.25, 0.3) is 0 Å². The lowest BCUT2D eigenvalue weighted by atomic mass is 10.2. The minimum Gasteiger partial charge on any atom is -0.381 e. The lowest BCUT2D eigenvalue weighted by Crippen LogP contribution is -2.43. The van der Waals surface area contributed by atoms with Gasteiger partial charge in [0.15, 0.2) is 0 Å². The van der Waals surface area contributed by atoms with Crippen molar-refractivity contribution in [1.82, 2.24) is 4.72 Å². The normalized spacial score (nSPS) is 21.3. The van der Waals surface area contributed by atoms with Crippen molar-refractivity contribution in [3.05, 3.63) is 59.6 Å². The van der Waals surface area contributed by atoms with Crippen LogP contribution >= 0.6 is 11.6 Å². The minimum atomic E-state index is -3.53. The van der Waals surface area contributed by atoms with Crippen LogP contribution in [-0.4, -0.2) is 20.5 Å². The molecule has 0 amide bonds. The van der Waals surface area contributed by atoms with Crippen molar-refractivity contribution in [2.24, 2.45) is 0 Å². The van der Waals surface area contributed by atoms with Crippen molar-refractivity contribution in [1.29, 1.82) is 0 Å². The van der Waals surface area contributed by atoms with Gasteiger partial charge in [0.1, 0.15) is 0 Å². The number of para-hydroxylation sites is 1. The zero-order valence-corrected chi connectivity index (χ0v) is 14.1. The first-order valence-corrected chi connectivity index (χ1v) is 9.50. The first-order valence-electron chi connectivity index (χ1n) is 7.64. The molecule has 1 aliphatic rings. The molecule has 2 aromatic rings. The maximum absolute atomic E-state index is 12.5.